The summed E-state index contributed by atoms with van der Waals surface area (Å²) in [6.45, 7) is 4.40. The number of aliphatic imine (C=N–C) groups is 1. The quantitative estimate of drug-likeness (QED) is 0.504. The van der Waals surface area contributed by atoms with Gasteiger partial charge >= 0.3 is 0 Å². The fourth-order valence-corrected chi connectivity index (χ4v) is 3.08. The van der Waals surface area contributed by atoms with E-state index in [0.717, 1.165) is 28.3 Å². The second kappa shape index (κ2) is 9.26. The molecule has 0 spiro atoms. The first-order valence-electron chi connectivity index (χ1n) is 9.79. The minimum Gasteiger partial charge on any atom is -0.378 e. The number of aromatic nitrogens is 2. The molecule has 1 amide bonds. The molecule has 0 saturated carbocycles. The fourth-order valence-electron chi connectivity index (χ4n) is 3.08. The average molecular weight is 405 g/mol. The maximum atomic E-state index is 12.9. The van der Waals surface area contributed by atoms with Gasteiger partial charge in [-0.1, -0.05) is 24.3 Å². The van der Waals surface area contributed by atoms with Crippen LogP contribution in [0, 0.1) is 13.8 Å². The Morgan fingerprint density at radius 3 is 2.47 bits per heavy atom. The molecule has 2 aromatic carbocycles. The van der Waals surface area contributed by atoms with Gasteiger partial charge in [0.25, 0.3) is 5.91 Å². The van der Waals surface area contributed by atoms with Crippen LogP contribution in [0.3, 0.4) is 0 Å². The van der Waals surface area contributed by atoms with Gasteiger partial charge in [-0.15, -0.1) is 0 Å². The van der Waals surface area contributed by atoms with Crippen molar-refractivity contribution in [2.24, 2.45) is 12.0 Å². The lowest BCUT2D eigenvalue weighted by Crippen LogP contribution is -2.36. The largest absolute Gasteiger partial charge is 0.378 e. The van der Waals surface area contributed by atoms with Crippen LogP contribution in [0.5, 0.6) is 0 Å². The Bertz CT molecular complexity index is 1050. The molecule has 3 rings (SSSR count). The Kier molecular flexibility index (Phi) is 6.51. The number of carbonyl (C=O) groups excluding carboxylic acids is 1. The van der Waals surface area contributed by atoms with Gasteiger partial charge in [-0.25, -0.2) is 4.99 Å². The Labute approximate surface area is 177 Å². The number of rotatable bonds is 5. The SMILES string of the molecule is Cc1nn(C)c(C)c1CN=C(NC(=O)c1cccc(N(C)C)c1)Nc1ccccc1. The molecule has 3 aromatic rings. The van der Waals surface area contributed by atoms with Crippen LogP contribution in [0.1, 0.15) is 27.3 Å². The Morgan fingerprint density at radius 2 is 1.83 bits per heavy atom. The molecular formula is C23H28N6O. The molecule has 7 nitrogen and oxygen atoms in total. The van der Waals surface area contributed by atoms with E-state index in [2.05, 4.69) is 20.7 Å². The molecule has 2 N–H and O–H groups in total. The summed E-state index contributed by atoms with van der Waals surface area (Å²) in [5.74, 6) is 0.171. The number of hydrogen-bond acceptors (Lipinski definition) is 4. The van der Waals surface area contributed by atoms with E-state index in [1.165, 1.54) is 0 Å². The topological polar surface area (TPSA) is 74.5 Å². The van der Waals surface area contributed by atoms with Crippen LogP contribution in [0.4, 0.5) is 11.4 Å². The van der Waals surface area contributed by atoms with Gasteiger partial charge in [0.2, 0.25) is 5.96 Å². The van der Waals surface area contributed by atoms with Crippen molar-refractivity contribution in [3.05, 3.63) is 77.1 Å². The summed E-state index contributed by atoms with van der Waals surface area (Å²) in [5, 5.41) is 10.6. The number of aryl methyl sites for hydroxylation is 2. The number of anilines is 2. The van der Waals surface area contributed by atoms with Gasteiger partial charge in [-0.3, -0.25) is 14.8 Å². The van der Waals surface area contributed by atoms with Crippen molar-refractivity contribution in [3.63, 3.8) is 0 Å². The Morgan fingerprint density at radius 1 is 1.10 bits per heavy atom. The third kappa shape index (κ3) is 5.05. The van der Waals surface area contributed by atoms with Gasteiger partial charge in [0.05, 0.1) is 12.2 Å². The van der Waals surface area contributed by atoms with Crippen molar-refractivity contribution in [1.82, 2.24) is 15.1 Å². The summed E-state index contributed by atoms with van der Waals surface area (Å²) in [7, 11) is 5.80. The van der Waals surface area contributed by atoms with Crippen molar-refractivity contribution >= 4 is 23.2 Å². The lowest BCUT2D eigenvalue weighted by Gasteiger charge is -2.15. The van der Waals surface area contributed by atoms with Gasteiger partial charge in [-0.05, 0) is 44.2 Å². The molecular weight excluding hydrogens is 376 g/mol. The zero-order chi connectivity index (χ0) is 21.7. The van der Waals surface area contributed by atoms with E-state index >= 15 is 0 Å². The molecule has 0 aliphatic rings. The van der Waals surface area contributed by atoms with Crippen LogP contribution >= 0.6 is 0 Å². The summed E-state index contributed by atoms with van der Waals surface area (Å²) < 4.78 is 1.84. The maximum Gasteiger partial charge on any atom is 0.258 e. The first kappa shape index (κ1) is 21.1. The average Bonchev–Trinajstić information content (AvgIpc) is 2.98. The molecule has 1 aromatic heterocycles. The first-order valence-corrected chi connectivity index (χ1v) is 9.79. The van der Waals surface area contributed by atoms with E-state index in [9.17, 15) is 4.79 Å². The number of nitrogens with one attached hydrogen (secondary N) is 2. The maximum absolute atomic E-state index is 12.9. The predicted octanol–water partition coefficient (Wildman–Crippen LogP) is 3.50. The number of nitrogens with zero attached hydrogens (tertiary/aromatic N) is 4. The summed E-state index contributed by atoms with van der Waals surface area (Å²) in [5.41, 5.74) is 5.41. The van der Waals surface area contributed by atoms with E-state index in [0.29, 0.717) is 18.1 Å². The van der Waals surface area contributed by atoms with Crippen molar-refractivity contribution in [1.29, 1.82) is 0 Å². The van der Waals surface area contributed by atoms with Crippen LogP contribution < -0.4 is 15.5 Å². The third-order valence-corrected chi connectivity index (χ3v) is 4.95. The number of hydrogen-bond donors (Lipinski definition) is 2. The standard InChI is InChI=1S/C23H28N6O/c1-16-21(17(2)29(5)27-16)15-24-23(25-19-11-7-6-8-12-19)26-22(30)18-10-9-13-20(14-18)28(3)4/h6-14H,15H2,1-5H3,(H2,24,25,26,30). The molecule has 0 fully saturated rings. The van der Waals surface area contributed by atoms with Gasteiger partial charge < -0.3 is 10.2 Å². The van der Waals surface area contributed by atoms with E-state index < -0.39 is 0 Å². The number of benzene rings is 2. The van der Waals surface area contributed by atoms with Crippen LogP contribution in [0.15, 0.2) is 59.6 Å². The van der Waals surface area contributed by atoms with Gasteiger partial charge in [0.15, 0.2) is 0 Å². The van der Waals surface area contributed by atoms with E-state index in [4.69, 9.17) is 0 Å². The number of amides is 1. The molecule has 0 radical (unpaired) electrons. The zero-order valence-corrected chi connectivity index (χ0v) is 18.1. The predicted molar refractivity (Wildman–Crippen MR) is 122 cm³/mol. The third-order valence-electron chi connectivity index (χ3n) is 4.95. The van der Waals surface area contributed by atoms with Gasteiger partial charge in [-0.2, -0.15) is 5.10 Å². The minimum atomic E-state index is -0.222. The fraction of sp³-hybridized carbons (Fsp3) is 0.261. The highest BCUT2D eigenvalue weighted by atomic mass is 16.1. The molecule has 1 heterocycles. The summed E-state index contributed by atoms with van der Waals surface area (Å²) in [4.78, 5) is 19.5. The second-order valence-corrected chi connectivity index (χ2v) is 7.33. The first-order chi connectivity index (χ1) is 14.3. The summed E-state index contributed by atoms with van der Waals surface area (Å²) in [6, 6.07) is 17.1. The molecule has 0 bridgehead atoms. The van der Waals surface area contributed by atoms with Crippen molar-refractivity contribution in [2.75, 3.05) is 24.3 Å². The molecule has 0 aliphatic carbocycles. The molecule has 7 heteroatoms. The summed E-state index contributed by atoms with van der Waals surface area (Å²) in [6.07, 6.45) is 0. The number of para-hydroxylation sites is 1. The molecule has 0 unspecified atom stereocenters. The summed E-state index contributed by atoms with van der Waals surface area (Å²) >= 11 is 0. The lowest BCUT2D eigenvalue weighted by molar-refractivity contribution is 0.0977. The van der Waals surface area contributed by atoms with E-state index in [1.807, 2.05) is 93.1 Å². The molecule has 0 aliphatic heterocycles. The number of guanidine groups is 1. The molecule has 0 saturated heterocycles. The second-order valence-electron chi connectivity index (χ2n) is 7.33. The number of carbonyl (C=O) groups is 1. The smallest absolute Gasteiger partial charge is 0.258 e. The normalized spacial score (nSPS) is 11.3. The molecule has 0 atom stereocenters. The van der Waals surface area contributed by atoms with Crippen molar-refractivity contribution in [3.8, 4) is 0 Å². The van der Waals surface area contributed by atoms with Gasteiger partial charge in [0.1, 0.15) is 0 Å². The Hall–Kier alpha value is -3.61. The van der Waals surface area contributed by atoms with E-state index in [1.54, 1.807) is 6.07 Å². The highest BCUT2D eigenvalue weighted by Crippen LogP contribution is 2.15. The highest BCUT2D eigenvalue weighted by molar-refractivity contribution is 6.10. The van der Waals surface area contributed by atoms with Crippen molar-refractivity contribution in [2.45, 2.75) is 20.4 Å². The van der Waals surface area contributed by atoms with Gasteiger partial charge in [0, 0.05) is 49.3 Å². The molecule has 156 valence electrons. The highest BCUT2D eigenvalue weighted by Gasteiger charge is 2.13. The molecule has 30 heavy (non-hydrogen) atoms. The Balaban J connectivity index is 1.85. The van der Waals surface area contributed by atoms with Crippen LogP contribution in [-0.4, -0.2) is 35.7 Å². The van der Waals surface area contributed by atoms with Crippen molar-refractivity contribution < 1.29 is 4.79 Å². The van der Waals surface area contributed by atoms with Crippen LogP contribution in [0.2, 0.25) is 0 Å². The minimum absolute atomic E-state index is 0.222. The monoisotopic (exact) mass is 404 g/mol. The van der Waals surface area contributed by atoms with E-state index in [-0.39, 0.29) is 5.91 Å². The van der Waals surface area contributed by atoms with Crippen LogP contribution in [-0.2, 0) is 13.6 Å². The zero-order valence-electron chi connectivity index (χ0n) is 18.1. The lowest BCUT2D eigenvalue weighted by atomic mass is 10.2. The van der Waals surface area contributed by atoms with Crippen LogP contribution in [0.25, 0.3) is 0 Å².